The molecule has 0 saturated carbocycles. The molecular formula is C18H32IN3O2. The van der Waals surface area contributed by atoms with Crippen molar-refractivity contribution in [3.63, 3.8) is 0 Å². The van der Waals surface area contributed by atoms with Crippen LogP contribution < -0.4 is 15.4 Å². The molecule has 0 heterocycles. The van der Waals surface area contributed by atoms with Gasteiger partial charge in [-0.1, -0.05) is 12.1 Å². The molecule has 0 aliphatic carbocycles. The van der Waals surface area contributed by atoms with Crippen LogP contribution in [0.3, 0.4) is 0 Å². The number of nitrogens with zero attached hydrogens (tertiary/aromatic N) is 1. The fraction of sp³-hybridized carbons (Fsp3) is 0.611. The summed E-state index contributed by atoms with van der Waals surface area (Å²) in [6, 6.07) is 8.08. The summed E-state index contributed by atoms with van der Waals surface area (Å²) in [4.78, 5) is 4.21. The van der Waals surface area contributed by atoms with Crippen molar-refractivity contribution in [3.05, 3.63) is 29.8 Å². The van der Waals surface area contributed by atoms with Crippen molar-refractivity contribution < 1.29 is 9.47 Å². The summed E-state index contributed by atoms with van der Waals surface area (Å²) in [7, 11) is 1.77. The summed E-state index contributed by atoms with van der Waals surface area (Å²) in [6.07, 6.45) is 1.29. The van der Waals surface area contributed by atoms with Crippen molar-refractivity contribution in [2.45, 2.75) is 46.3 Å². The molecule has 6 heteroatoms. The number of guanidine groups is 1. The lowest BCUT2D eigenvalue weighted by Gasteiger charge is -2.18. The Morgan fingerprint density at radius 1 is 1.21 bits per heavy atom. The first-order valence-electron chi connectivity index (χ1n) is 8.30. The van der Waals surface area contributed by atoms with Crippen LogP contribution in [0, 0.1) is 6.92 Å². The first-order valence-corrected chi connectivity index (χ1v) is 8.30. The van der Waals surface area contributed by atoms with Gasteiger partial charge in [-0.05, 0) is 51.8 Å². The molecule has 0 aliphatic rings. The predicted octanol–water partition coefficient (Wildman–Crippen LogP) is 3.36. The minimum absolute atomic E-state index is 0. The SMILES string of the molecule is CN=C(NCCCOC(C)C)NCC(C)Oc1cccc(C)c1.I. The second-order valence-corrected chi connectivity index (χ2v) is 5.90. The summed E-state index contributed by atoms with van der Waals surface area (Å²) in [5, 5.41) is 6.55. The van der Waals surface area contributed by atoms with Crippen molar-refractivity contribution in [2.24, 2.45) is 4.99 Å². The molecule has 24 heavy (non-hydrogen) atoms. The number of nitrogens with one attached hydrogen (secondary N) is 2. The van der Waals surface area contributed by atoms with E-state index in [4.69, 9.17) is 9.47 Å². The first kappa shape index (κ1) is 23.0. The Labute approximate surface area is 163 Å². The van der Waals surface area contributed by atoms with Crippen LogP contribution in [0.5, 0.6) is 5.75 Å². The second-order valence-electron chi connectivity index (χ2n) is 5.90. The third kappa shape index (κ3) is 10.7. The van der Waals surface area contributed by atoms with Crippen molar-refractivity contribution in [3.8, 4) is 5.75 Å². The third-order valence-corrected chi connectivity index (χ3v) is 3.17. The average molecular weight is 449 g/mol. The lowest BCUT2D eigenvalue weighted by Crippen LogP contribution is -2.42. The Kier molecular flexibility index (Phi) is 12.7. The number of aryl methyl sites for hydroxylation is 1. The van der Waals surface area contributed by atoms with Gasteiger partial charge in [0.2, 0.25) is 0 Å². The van der Waals surface area contributed by atoms with E-state index in [0.717, 1.165) is 31.3 Å². The zero-order valence-electron chi connectivity index (χ0n) is 15.5. The molecule has 5 nitrogen and oxygen atoms in total. The van der Waals surface area contributed by atoms with Gasteiger partial charge >= 0.3 is 0 Å². The quantitative estimate of drug-likeness (QED) is 0.263. The molecule has 0 radical (unpaired) electrons. The molecule has 0 fully saturated rings. The van der Waals surface area contributed by atoms with E-state index in [1.165, 1.54) is 5.56 Å². The molecule has 0 spiro atoms. The van der Waals surface area contributed by atoms with Crippen molar-refractivity contribution in [1.82, 2.24) is 10.6 Å². The van der Waals surface area contributed by atoms with Gasteiger partial charge in [0.25, 0.3) is 0 Å². The molecule has 0 bridgehead atoms. The van der Waals surface area contributed by atoms with Crippen molar-refractivity contribution in [2.75, 3.05) is 26.7 Å². The van der Waals surface area contributed by atoms with E-state index in [-0.39, 0.29) is 36.2 Å². The Morgan fingerprint density at radius 2 is 1.96 bits per heavy atom. The number of halogens is 1. The number of hydrogen-bond donors (Lipinski definition) is 2. The maximum atomic E-state index is 5.89. The minimum Gasteiger partial charge on any atom is -0.489 e. The third-order valence-electron chi connectivity index (χ3n) is 3.17. The van der Waals surface area contributed by atoms with Crippen LogP contribution in [0.1, 0.15) is 32.8 Å². The average Bonchev–Trinajstić information content (AvgIpc) is 2.49. The van der Waals surface area contributed by atoms with Crippen LogP contribution >= 0.6 is 24.0 Å². The molecule has 138 valence electrons. The monoisotopic (exact) mass is 449 g/mol. The van der Waals surface area contributed by atoms with Gasteiger partial charge in [-0.25, -0.2) is 0 Å². The van der Waals surface area contributed by atoms with Gasteiger partial charge in [0.15, 0.2) is 5.96 Å². The van der Waals surface area contributed by atoms with Gasteiger partial charge < -0.3 is 20.1 Å². The minimum atomic E-state index is 0. The molecule has 1 unspecified atom stereocenters. The molecule has 0 aliphatic heterocycles. The molecule has 1 aromatic rings. The van der Waals surface area contributed by atoms with E-state index in [1.807, 2.05) is 39.0 Å². The molecule has 1 rings (SSSR count). The standard InChI is InChI=1S/C18H31N3O2.HI/c1-14(2)22-11-7-10-20-18(19-5)21-13-16(4)23-17-9-6-8-15(3)12-17;/h6,8-9,12,14,16H,7,10-11,13H2,1-5H3,(H2,19,20,21);1H. The molecule has 0 amide bonds. The largest absolute Gasteiger partial charge is 0.489 e. The summed E-state index contributed by atoms with van der Waals surface area (Å²) in [5.74, 6) is 1.68. The van der Waals surface area contributed by atoms with E-state index in [0.29, 0.717) is 6.54 Å². The molecule has 0 saturated heterocycles. The maximum absolute atomic E-state index is 5.89. The van der Waals surface area contributed by atoms with E-state index < -0.39 is 0 Å². The predicted molar refractivity (Wildman–Crippen MR) is 112 cm³/mol. The summed E-state index contributed by atoms with van der Waals surface area (Å²) >= 11 is 0. The number of aliphatic imine (C=N–C) groups is 1. The summed E-state index contributed by atoms with van der Waals surface area (Å²) in [6.45, 7) is 10.5. The van der Waals surface area contributed by atoms with Gasteiger partial charge in [0.05, 0.1) is 12.6 Å². The highest BCUT2D eigenvalue weighted by Gasteiger charge is 2.06. The van der Waals surface area contributed by atoms with Crippen LogP contribution in [0.25, 0.3) is 0 Å². The van der Waals surface area contributed by atoms with Gasteiger partial charge in [0, 0.05) is 20.2 Å². The summed E-state index contributed by atoms with van der Waals surface area (Å²) < 4.78 is 11.4. The van der Waals surface area contributed by atoms with Gasteiger partial charge in [-0.2, -0.15) is 0 Å². The zero-order valence-corrected chi connectivity index (χ0v) is 17.8. The zero-order chi connectivity index (χ0) is 17.1. The van der Waals surface area contributed by atoms with Crippen LogP contribution in [0.15, 0.2) is 29.3 Å². The number of hydrogen-bond acceptors (Lipinski definition) is 3. The molecule has 2 N–H and O–H groups in total. The lowest BCUT2D eigenvalue weighted by atomic mass is 10.2. The van der Waals surface area contributed by atoms with Gasteiger partial charge in [-0.3, -0.25) is 4.99 Å². The number of ether oxygens (including phenoxy) is 2. The van der Waals surface area contributed by atoms with Crippen LogP contribution in [-0.4, -0.2) is 44.9 Å². The van der Waals surface area contributed by atoms with E-state index in [9.17, 15) is 0 Å². The highest BCUT2D eigenvalue weighted by molar-refractivity contribution is 14.0. The number of benzene rings is 1. The lowest BCUT2D eigenvalue weighted by molar-refractivity contribution is 0.0776. The molecule has 1 atom stereocenters. The highest BCUT2D eigenvalue weighted by atomic mass is 127. The number of rotatable bonds is 9. The second kappa shape index (κ2) is 13.3. The fourth-order valence-electron chi connectivity index (χ4n) is 2.02. The fourth-order valence-corrected chi connectivity index (χ4v) is 2.02. The van der Waals surface area contributed by atoms with Crippen molar-refractivity contribution in [1.29, 1.82) is 0 Å². The molecule has 0 aromatic heterocycles. The Hall–Kier alpha value is -1.02. The summed E-state index contributed by atoms with van der Waals surface area (Å²) in [5.41, 5.74) is 1.20. The highest BCUT2D eigenvalue weighted by Crippen LogP contribution is 2.13. The van der Waals surface area contributed by atoms with Crippen LogP contribution in [-0.2, 0) is 4.74 Å². The topological polar surface area (TPSA) is 54.9 Å². The maximum Gasteiger partial charge on any atom is 0.191 e. The van der Waals surface area contributed by atoms with E-state index >= 15 is 0 Å². The Bertz CT molecular complexity index is 481. The Balaban J connectivity index is 0.00000529. The first-order chi connectivity index (χ1) is 11.0. The van der Waals surface area contributed by atoms with E-state index in [2.05, 4.69) is 28.6 Å². The Morgan fingerprint density at radius 3 is 2.58 bits per heavy atom. The smallest absolute Gasteiger partial charge is 0.191 e. The normalized spacial score (nSPS) is 12.5. The van der Waals surface area contributed by atoms with E-state index in [1.54, 1.807) is 7.05 Å². The van der Waals surface area contributed by atoms with Crippen molar-refractivity contribution >= 4 is 29.9 Å². The van der Waals surface area contributed by atoms with Gasteiger partial charge in [0.1, 0.15) is 11.9 Å². The molecule has 1 aromatic carbocycles. The molecular weight excluding hydrogens is 417 g/mol. The van der Waals surface area contributed by atoms with Gasteiger partial charge in [-0.15, -0.1) is 24.0 Å². The van der Waals surface area contributed by atoms with Crippen LogP contribution in [0.2, 0.25) is 0 Å². The van der Waals surface area contributed by atoms with Crippen LogP contribution in [0.4, 0.5) is 0 Å².